The van der Waals surface area contributed by atoms with Crippen LogP contribution >= 0.6 is 0 Å². The van der Waals surface area contributed by atoms with Gasteiger partial charge in [-0.25, -0.2) is 8.42 Å². The van der Waals surface area contributed by atoms with Gasteiger partial charge >= 0.3 is 0 Å². The Bertz CT molecular complexity index is 294. The lowest BCUT2D eigenvalue weighted by Gasteiger charge is -2.24. The highest BCUT2D eigenvalue weighted by Crippen LogP contribution is 2.27. The molecule has 2 unspecified atom stereocenters. The first-order valence-electron chi connectivity index (χ1n) is 6.32. The van der Waals surface area contributed by atoms with E-state index in [0.717, 1.165) is 12.3 Å². The largest absolute Gasteiger partial charge is 0.311 e. The molecule has 3 nitrogen and oxygen atoms in total. The molecule has 0 aromatic heterocycles. The van der Waals surface area contributed by atoms with Crippen LogP contribution in [-0.2, 0) is 9.84 Å². The fraction of sp³-hybridized carbons (Fsp3) is 1.00. The Hall–Kier alpha value is -0.0900. The first-order valence-corrected chi connectivity index (χ1v) is 8.38. The molecule has 0 radical (unpaired) electrons. The Kier molecular flexibility index (Phi) is 5.25. The molecule has 0 bridgehead atoms. The van der Waals surface area contributed by atoms with Crippen LogP contribution in [0.3, 0.4) is 0 Å². The van der Waals surface area contributed by atoms with E-state index in [1.165, 1.54) is 31.9 Å². The van der Waals surface area contributed by atoms with E-state index in [1.54, 1.807) is 0 Å². The minimum absolute atomic E-state index is 0.290. The van der Waals surface area contributed by atoms with Crippen molar-refractivity contribution in [2.24, 2.45) is 5.92 Å². The van der Waals surface area contributed by atoms with Crippen molar-refractivity contribution >= 4 is 9.84 Å². The Balaban J connectivity index is 2.25. The van der Waals surface area contributed by atoms with E-state index in [9.17, 15) is 8.42 Å². The minimum Gasteiger partial charge on any atom is -0.311 e. The Labute approximate surface area is 99.9 Å². The van der Waals surface area contributed by atoms with Gasteiger partial charge in [0, 0.05) is 18.3 Å². The minimum atomic E-state index is -2.81. The normalized spacial score (nSPS) is 22.2. The Morgan fingerprint density at radius 3 is 2.31 bits per heavy atom. The molecule has 0 heterocycles. The molecule has 1 fully saturated rings. The van der Waals surface area contributed by atoms with Crippen molar-refractivity contribution < 1.29 is 8.42 Å². The molecule has 16 heavy (non-hydrogen) atoms. The van der Waals surface area contributed by atoms with Gasteiger partial charge in [-0.1, -0.05) is 12.8 Å². The summed E-state index contributed by atoms with van der Waals surface area (Å²) in [6.45, 7) is 4.31. The quantitative estimate of drug-likeness (QED) is 0.780. The maximum atomic E-state index is 11.0. The van der Waals surface area contributed by atoms with Gasteiger partial charge in [0.05, 0.1) is 5.75 Å². The second-order valence-electron chi connectivity index (χ2n) is 5.32. The molecule has 0 saturated heterocycles. The first-order chi connectivity index (χ1) is 7.38. The molecule has 4 heteroatoms. The summed E-state index contributed by atoms with van der Waals surface area (Å²) in [6, 6.07) is 0.822. The molecule has 0 aliphatic heterocycles. The third-order valence-corrected chi connectivity index (χ3v) is 4.55. The van der Waals surface area contributed by atoms with Gasteiger partial charge in [0.25, 0.3) is 0 Å². The van der Waals surface area contributed by atoms with Crippen molar-refractivity contribution in [2.45, 2.75) is 58.0 Å². The van der Waals surface area contributed by atoms with Crippen LogP contribution in [0.2, 0.25) is 0 Å². The van der Waals surface area contributed by atoms with Crippen molar-refractivity contribution in [3.8, 4) is 0 Å². The van der Waals surface area contributed by atoms with Crippen LogP contribution in [0.4, 0.5) is 0 Å². The molecule has 0 spiro atoms. The second kappa shape index (κ2) is 6.01. The number of sulfone groups is 1. The van der Waals surface area contributed by atoms with Crippen LogP contribution in [0.15, 0.2) is 0 Å². The van der Waals surface area contributed by atoms with Crippen LogP contribution in [0.5, 0.6) is 0 Å². The number of rotatable bonds is 6. The van der Waals surface area contributed by atoms with Gasteiger partial charge < -0.3 is 5.32 Å². The maximum Gasteiger partial charge on any atom is 0.147 e. The predicted molar refractivity (Wildman–Crippen MR) is 68.3 cm³/mol. The Morgan fingerprint density at radius 1 is 1.25 bits per heavy atom. The van der Waals surface area contributed by atoms with Crippen molar-refractivity contribution in [1.29, 1.82) is 0 Å². The molecule has 0 aromatic carbocycles. The molecular formula is C12H25NO2S. The van der Waals surface area contributed by atoms with Gasteiger partial charge in [-0.2, -0.15) is 0 Å². The summed E-state index contributed by atoms with van der Waals surface area (Å²) in [4.78, 5) is 0. The highest BCUT2D eigenvalue weighted by Gasteiger charge is 2.22. The van der Waals surface area contributed by atoms with Gasteiger partial charge in [-0.15, -0.1) is 0 Å². The zero-order chi connectivity index (χ0) is 12.2. The molecule has 1 aliphatic rings. The molecule has 0 aromatic rings. The second-order valence-corrected chi connectivity index (χ2v) is 7.58. The van der Waals surface area contributed by atoms with Gasteiger partial charge in [-0.05, 0) is 39.0 Å². The third-order valence-electron chi connectivity index (χ3n) is 3.58. The topological polar surface area (TPSA) is 46.2 Å². The number of hydrogen-bond donors (Lipinski definition) is 1. The molecule has 1 rings (SSSR count). The van der Waals surface area contributed by atoms with Crippen LogP contribution in [0.25, 0.3) is 0 Å². The molecule has 2 atom stereocenters. The van der Waals surface area contributed by atoms with Crippen LogP contribution in [0.1, 0.15) is 46.0 Å². The van der Waals surface area contributed by atoms with Crippen molar-refractivity contribution in [2.75, 3.05) is 12.0 Å². The first kappa shape index (κ1) is 14.0. The van der Waals surface area contributed by atoms with Gasteiger partial charge in [0.1, 0.15) is 9.84 Å². The summed E-state index contributed by atoms with van der Waals surface area (Å²) in [5.74, 6) is 1.08. The predicted octanol–water partition coefficient (Wildman–Crippen LogP) is 1.98. The van der Waals surface area contributed by atoms with Gasteiger partial charge in [0.15, 0.2) is 0 Å². The molecule has 1 saturated carbocycles. The number of hydrogen-bond acceptors (Lipinski definition) is 3. The van der Waals surface area contributed by atoms with E-state index in [4.69, 9.17) is 0 Å². The van der Waals surface area contributed by atoms with E-state index < -0.39 is 9.84 Å². The number of nitrogens with one attached hydrogen (secondary N) is 1. The summed E-state index contributed by atoms with van der Waals surface area (Å²) >= 11 is 0. The molecule has 0 amide bonds. The van der Waals surface area contributed by atoms with Gasteiger partial charge in [0.2, 0.25) is 0 Å². The lowest BCUT2D eigenvalue weighted by molar-refractivity contribution is 0.346. The lowest BCUT2D eigenvalue weighted by Crippen LogP contribution is -2.39. The lowest BCUT2D eigenvalue weighted by atomic mass is 9.99. The average Bonchev–Trinajstić information content (AvgIpc) is 2.66. The third kappa shape index (κ3) is 5.30. The summed E-state index contributed by atoms with van der Waals surface area (Å²) in [5.41, 5.74) is 0. The SMILES string of the molecule is CC(CCS(C)(=O)=O)NC(C)C1CCCC1. The summed E-state index contributed by atoms with van der Waals surface area (Å²) < 4.78 is 22.1. The van der Waals surface area contributed by atoms with Crippen LogP contribution < -0.4 is 5.32 Å². The monoisotopic (exact) mass is 247 g/mol. The highest BCUT2D eigenvalue weighted by atomic mass is 32.2. The van der Waals surface area contributed by atoms with Crippen LogP contribution in [-0.4, -0.2) is 32.5 Å². The van der Waals surface area contributed by atoms with Crippen molar-refractivity contribution in [1.82, 2.24) is 5.32 Å². The maximum absolute atomic E-state index is 11.0. The molecular weight excluding hydrogens is 222 g/mol. The standard InChI is InChI=1S/C12H25NO2S/c1-10(8-9-16(3,14)15)13-11(2)12-6-4-5-7-12/h10-13H,4-9H2,1-3H3. The summed E-state index contributed by atoms with van der Waals surface area (Å²) in [5, 5.41) is 3.53. The van der Waals surface area contributed by atoms with Crippen molar-refractivity contribution in [3.63, 3.8) is 0 Å². The average molecular weight is 247 g/mol. The summed E-state index contributed by atoms with van der Waals surface area (Å²) in [6.07, 6.45) is 7.39. The fourth-order valence-corrected chi connectivity index (χ4v) is 3.30. The zero-order valence-electron chi connectivity index (χ0n) is 10.7. The molecule has 1 N–H and O–H groups in total. The highest BCUT2D eigenvalue weighted by molar-refractivity contribution is 7.90. The van der Waals surface area contributed by atoms with E-state index in [-0.39, 0.29) is 0 Å². The van der Waals surface area contributed by atoms with E-state index in [0.29, 0.717) is 17.8 Å². The zero-order valence-corrected chi connectivity index (χ0v) is 11.5. The van der Waals surface area contributed by atoms with Gasteiger partial charge in [-0.3, -0.25) is 0 Å². The molecule has 1 aliphatic carbocycles. The van der Waals surface area contributed by atoms with E-state index in [2.05, 4.69) is 19.2 Å². The summed E-state index contributed by atoms with van der Waals surface area (Å²) in [7, 11) is -2.81. The fourth-order valence-electron chi connectivity index (χ4n) is 2.52. The van der Waals surface area contributed by atoms with E-state index in [1.807, 2.05) is 0 Å². The Morgan fingerprint density at radius 2 is 1.81 bits per heavy atom. The smallest absolute Gasteiger partial charge is 0.147 e. The van der Waals surface area contributed by atoms with Crippen molar-refractivity contribution in [3.05, 3.63) is 0 Å². The molecule has 96 valence electrons. The van der Waals surface area contributed by atoms with E-state index >= 15 is 0 Å². The van der Waals surface area contributed by atoms with Crippen LogP contribution in [0, 0.1) is 5.92 Å².